The summed E-state index contributed by atoms with van der Waals surface area (Å²) < 4.78 is 1.77. The van der Waals surface area contributed by atoms with Gasteiger partial charge in [-0.25, -0.2) is 4.98 Å². The van der Waals surface area contributed by atoms with Crippen LogP contribution in [0.2, 0.25) is 0 Å². The highest BCUT2D eigenvalue weighted by Crippen LogP contribution is 2.59. The van der Waals surface area contributed by atoms with E-state index < -0.39 is 6.10 Å². The lowest BCUT2D eigenvalue weighted by Crippen LogP contribution is -2.37. The number of nitrogens with zero attached hydrogens (tertiary/aromatic N) is 2. The SMILES string of the molecule is CC(O)CCNC(=O)Cc1cn2c(C(=O)NCC34CC=C5CCC(C3)C5C4)cccc2n1. The van der Waals surface area contributed by atoms with Gasteiger partial charge in [-0.2, -0.15) is 0 Å². The molecule has 3 aliphatic carbocycles. The summed E-state index contributed by atoms with van der Waals surface area (Å²) >= 11 is 0. The van der Waals surface area contributed by atoms with Crippen molar-refractivity contribution in [3.8, 4) is 0 Å². The van der Waals surface area contributed by atoms with E-state index in [9.17, 15) is 14.7 Å². The van der Waals surface area contributed by atoms with Gasteiger partial charge < -0.3 is 15.7 Å². The van der Waals surface area contributed by atoms with Crippen LogP contribution in [0, 0.1) is 17.3 Å². The highest BCUT2D eigenvalue weighted by molar-refractivity contribution is 5.93. The Morgan fingerprint density at radius 2 is 2.19 bits per heavy atom. The first-order valence-electron chi connectivity index (χ1n) is 11.8. The van der Waals surface area contributed by atoms with Crippen molar-refractivity contribution in [2.45, 2.75) is 58.0 Å². The Balaban J connectivity index is 1.24. The maximum absolute atomic E-state index is 13.1. The van der Waals surface area contributed by atoms with Crippen molar-refractivity contribution in [1.82, 2.24) is 20.0 Å². The molecule has 2 aromatic rings. The van der Waals surface area contributed by atoms with E-state index in [-0.39, 0.29) is 23.7 Å². The molecule has 0 aliphatic heterocycles. The molecule has 5 rings (SSSR count). The average Bonchev–Trinajstić information content (AvgIpc) is 3.40. The van der Waals surface area contributed by atoms with Crippen molar-refractivity contribution in [3.05, 3.63) is 47.4 Å². The van der Waals surface area contributed by atoms with Gasteiger partial charge in [-0.1, -0.05) is 17.7 Å². The molecule has 2 fully saturated rings. The lowest BCUT2D eigenvalue weighted by Gasteiger charge is -2.32. The van der Waals surface area contributed by atoms with Crippen LogP contribution in [0.4, 0.5) is 0 Å². The zero-order valence-corrected chi connectivity index (χ0v) is 18.6. The number of imidazole rings is 1. The fourth-order valence-corrected chi connectivity index (χ4v) is 6.01. The summed E-state index contributed by atoms with van der Waals surface area (Å²) in [6.45, 7) is 2.84. The molecule has 0 radical (unpaired) electrons. The fourth-order valence-electron chi connectivity index (χ4n) is 6.01. The maximum Gasteiger partial charge on any atom is 0.268 e. The van der Waals surface area contributed by atoms with Gasteiger partial charge >= 0.3 is 0 Å². The molecule has 2 aromatic heterocycles. The summed E-state index contributed by atoms with van der Waals surface area (Å²) in [7, 11) is 0. The Kier molecular flexibility index (Phi) is 5.53. The number of aromatic nitrogens is 2. The summed E-state index contributed by atoms with van der Waals surface area (Å²) in [6, 6.07) is 5.48. The van der Waals surface area contributed by atoms with Crippen molar-refractivity contribution in [2.24, 2.45) is 17.3 Å². The lowest BCUT2D eigenvalue weighted by atomic mass is 9.76. The molecule has 2 saturated carbocycles. The number of aliphatic hydroxyl groups is 1. The molecule has 2 amide bonds. The molecule has 7 nitrogen and oxygen atoms in total. The number of carbonyl (C=O) groups is 2. The number of amides is 2. The van der Waals surface area contributed by atoms with Crippen LogP contribution in [0.1, 0.15) is 61.6 Å². The number of fused-ring (bicyclic) bond motifs is 2. The molecule has 0 saturated heterocycles. The monoisotopic (exact) mass is 436 g/mol. The zero-order chi connectivity index (χ0) is 22.3. The number of rotatable bonds is 8. The quantitative estimate of drug-likeness (QED) is 0.555. The van der Waals surface area contributed by atoms with E-state index in [1.165, 1.54) is 25.7 Å². The highest BCUT2D eigenvalue weighted by Gasteiger charge is 2.50. The third kappa shape index (κ3) is 4.06. The first kappa shape index (κ1) is 21.2. The predicted octanol–water partition coefficient (Wildman–Crippen LogP) is 2.63. The summed E-state index contributed by atoms with van der Waals surface area (Å²) in [4.78, 5) is 29.8. The molecule has 3 aliphatic rings. The third-order valence-corrected chi connectivity index (χ3v) is 7.62. The van der Waals surface area contributed by atoms with E-state index in [1.54, 1.807) is 29.2 Å². The van der Waals surface area contributed by atoms with Crippen LogP contribution in [0.5, 0.6) is 0 Å². The smallest absolute Gasteiger partial charge is 0.268 e. The van der Waals surface area contributed by atoms with Gasteiger partial charge in [0.05, 0.1) is 18.2 Å². The van der Waals surface area contributed by atoms with Crippen molar-refractivity contribution in [1.29, 1.82) is 0 Å². The van der Waals surface area contributed by atoms with Crippen molar-refractivity contribution in [3.63, 3.8) is 0 Å². The minimum Gasteiger partial charge on any atom is -0.393 e. The minimum atomic E-state index is -0.443. The van der Waals surface area contributed by atoms with Gasteiger partial charge in [-0.3, -0.25) is 14.0 Å². The topological polar surface area (TPSA) is 95.7 Å². The average molecular weight is 437 g/mol. The van der Waals surface area contributed by atoms with E-state index >= 15 is 0 Å². The van der Waals surface area contributed by atoms with Crippen LogP contribution >= 0.6 is 0 Å². The molecule has 4 unspecified atom stereocenters. The number of hydrogen-bond acceptors (Lipinski definition) is 4. The summed E-state index contributed by atoms with van der Waals surface area (Å²) in [5.41, 5.74) is 3.69. The molecule has 3 N–H and O–H groups in total. The molecule has 170 valence electrons. The summed E-state index contributed by atoms with van der Waals surface area (Å²) in [5, 5.41) is 15.3. The molecular formula is C25H32N4O3. The van der Waals surface area contributed by atoms with Crippen LogP contribution in [0.25, 0.3) is 5.65 Å². The molecule has 7 heteroatoms. The molecule has 0 aromatic carbocycles. The Labute approximate surface area is 188 Å². The van der Waals surface area contributed by atoms with Gasteiger partial charge in [0.25, 0.3) is 5.91 Å². The molecule has 2 heterocycles. The second-order valence-electron chi connectivity index (χ2n) is 10.0. The van der Waals surface area contributed by atoms with Gasteiger partial charge in [0.1, 0.15) is 11.3 Å². The number of allylic oxidation sites excluding steroid dienone is 2. The molecule has 4 atom stereocenters. The lowest BCUT2D eigenvalue weighted by molar-refractivity contribution is -0.120. The van der Waals surface area contributed by atoms with Crippen LogP contribution < -0.4 is 10.6 Å². The fraction of sp³-hybridized carbons (Fsp3) is 0.560. The molecule has 0 spiro atoms. The Hall–Kier alpha value is -2.67. The number of pyridine rings is 1. The van der Waals surface area contributed by atoms with Gasteiger partial charge in [0.2, 0.25) is 5.91 Å². The van der Waals surface area contributed by atoms with Crippen LogP contribution in [0.3, 0.4) is 0 Å². The van der Waals surface area contributed by atoms with E-state index in [4.69, 9.17) is 0 Å². The molecule has 2 bridgehead atoms. The minimum absolute atomic E-state index is 0.0952. The van der Waals surface area contributed by atoms with Gasteiger partial charge in [-0.05, 0) is 74.8 Å². The number of aliphatic hydroxyl groups excluding tert-OH is 1. The zero-order valence-electron chi connectivity index (χ0n) is 18.6. The number of carbonyl (C=O) groups excluding carboxylic acids is 2. The van der Waals surface area contributed by atoms with E-state index in [0.29, 0.717) is 36.5 Å². The Morgan fingerprint density at radius 3 is 3.03 bits per heavy atom. The van der Waals surface area contributed by atoms with Gasteiger partial charge in [0, 0.05) is 19.3 Å². The molecular weight excluding hydrogens is 404 g/mol. The third-order valence-electron chi connectivity index (χ3n) is 7.62. The largest absolute Gasteiger partial charge is 0.393 e. The maximum atomic E-state index is 13.1. The summed E-state index contributed by atoms with van der Waals surface area (Å²) in [6.07, 6.45) is 10.5. The number of hydrogen-bond donors (Lipinski definition) is 3. The van der Waals surface area contributed by atoms with Crippen molar-refractivity contribution >= 4 is 17.5 Å². The van der Waals surface area contributed by atoms with Gasteiger partial charge in [0.15, 0.2) is 0 Å². The van der Waals surface area contributed by atoms with E-state index in [0.717, 1.165) is 18.3 Å². The first-order chi connectivity index (χ1) is 15.4. The van der Waals surface area contributed by atoms with Crippen LogP contribution in [0.15, 0.2) is 36.0 Å². The van der Waals surface area contributed by atoms with Crippen LogP contribution in [-0.4, -0.2) is 45.5 Å². The first-order valence-corrected chi connectivity index (χ1v) is 11.8. The number of nitrogens with one attached hydrogen (secondary N) is 2. The van der Waals surface area contributed by atoms with E-state index in [1.807, 2.05) is 12.1 Å². The molecule has 32 heavy (non-hydrogen) atoms. The van der Waals surface area contributed by atoms with Crippen LogP contribution in [-0.2, 0) is 11.2 Å². The second kappa shape index (κ2) is 8.35. The van der Waals surface area contributed by atoms with Gasteiger partial charge in [-0.15, -0.1) is 0 Å². The predicted molar refractivity (Wildman–Crippen MR) is 121 cm³/mol. The Bertz CT molecular complexity index is 1070. The summed E-state index contributed by atoms with van der Waals surface area (Å²) in [5.74, 6) is 1.33. The van der Waals surface area contributed by atoms with Crippen molar-refractivity contribution in [2.75, 3.05) is 13.1 Å². The van der Waals surface area contributed by atoms with E-state index in [2.05, 4.69) is 21.7 Å². The van der Waals surface area contributed by atoms with Crippen molar-refractivity contribution < 1.29 is 14.7 Å². The second-order valence-corrected chi connectivity index (χ2v) is 10.0. The Morgan fingerprint density at radius 1 is 1.31 bits per heavy atom. The normalized spacial score (nSPS) is 26.8. The highest BCUT2D eigenvalue weighted by atomic mass is 16.3. The standard InChI is InChI=1S/C25H32N4O3/c1-16(30)8-10-26-23(31)11-19-14-29-21(3-2-4-22(29)28-19)24(32)27-15-25-9-7-17-5-6-18(12-25)20(17)13-25/h2-4,7,14,16,18,20,30H,5-6,8-13,15H2,1H3,(H,26,31)(H,27,32).